The van der Waals surface area contributed by atoms with Gasteiger partial charge in [0.15, 0.2) is 0 Å². The third-order valence-corrected chi connectivity index (χ3v) is 4.52. The van der Waals surface area contributed by atoms with E-state index in [0.717, 1.165) is 5.82 Å². The molecule has 0 fully saturated rings. The summed E-state index contributed by atoms with van der Waals surface area (Å²) in [7, 11) is 0. The fraction of sp³-hybridized carbons (Fsp3) is 0.476. The molecule has 2 heterocycles. The molecule has 3 nitrogen and oxygen atoms in total. The highest BCUT2D eigenvalue weighted by atomic mass is 15.4. The second-order valence-electron chi connectivity index (χ2n) is 8.84. The molecule has 1 unspecified atom stereocenters. The van der Waals surface area contributed by atoms with E-state index in [4.69, 9.17) is 5.10 Å². The molecule has 0 aliphatic carbocycles. The summed E-state index contributed by atoms with van der Waals surface area (Å²) in [6, 6.07) is 8.85. The van der Waals surface area contributed by atoms with Crippen LogP contribution < -0.4 is 5.32 Å². The third kappa shape index (κ3) is 2.88. The largest absolute Gasteiger partial charge is 0.347 e. The van der Waals surface area contributed by atoms with Gasteiger partial charge in [0.25, 0.3) is 0 Å². The van der Waals surface area contributed by atoms with Gasteiger partial charge in [-0.1, -0.05) is 56.7 Å². The van der Waals surface area contributed by atoms with E-state index in [1.54, 1.807) is 0 Å². The molecule has 0 bridgehead atoms. The highest BCUT2D eigenvalue weighted by Gasteiger charge is 2.35. The number of aryl methyl sites for hydroxylation is 1. The molecule has 1 aliphatic rings. The lowest BCUT2D eigenvalue weighted by molar-refractivity contribution is 0.353. The first-order chi connectivity index (χ1) is 11.1. The molecule has 2 aromatic rings. The molecular weight excluding hydrogens is 294 g/mol. The fourth-order valence-corrected chi connectivity index (χ4v) is 3.27. The number of aromatic nitrogens is 2. The van der Waals surface area contributed by atoms with Crippen LogP contribution in [0.25, 0.3) is 0 Å². The Balaban J connectivity index is 2.23. The molecule has 0 saturated heterocycles. The zero-order valence-electron chi connectivity index (χ0n) is 15.9. The maximum atomic E-state index is 5.04. The summed E-state index contributed by atoms with van der Waals surface area (Å²) in [6.07, 6.45) is 4.31. The van der Waals surface area contributed by atoms with Crippen molar-refractivity contribution in [3.05, 3.63) is 58.9 Å². The molecule has 0 spiro atoms. The van der Waals surface area contributed by atoms with E-state index in [9.17, 15) is 0 Å². The molecule has 0 radical (unpaired) electrons. The lowest BCUT2D eigenvalue weighted by atomic mass is 9.81. The van der Waals surface area contributed by atoms with E-state index in [0.29, 0.717) is 0 Å². The van der Waals surface area contributed by atoms with Crippen molar-refractivity contribution in [3.8, 4) is 0 Å². The first-order valence-electron chi connectivity index (χ1n) is 8.72. The van der Waals surface area contributed by atoms with E-state index in [1.807, 2.05) is 0 Å². The number of fused-ring (bicyclic) bond motifs is 1. The Hall–Kier alpha value is -2.03. The van der Waals surface area contributed by atoms with Crippen molar-refractivity contribution < 1.29 is 0 Å². The Morgan fingerprint density at radius 1 is 1.00 bits per heavy atom. The second-order valence-corrected chi connectivity index (χ2v) is 8.84. The molecule has 24 heavy (non-hydrogen) atoms. The number of rotatable bonds is 1. The first-order valence-corrected chi connectivity index (χ1v) is 8.72. The van der Waals surface area contributed by atoms with Gasteiger partial charge in [-0.25, -0.2) is 4.68 Å². The number of benzene rings is 1. The van der Waals surface area contributed by atoms with Crippen LogP contribution in [0.4, 0.5) is 5.82 Å². The van der Waals surface area contributed by atoms with Gasteiger partial charge in [0.05, 0.1) is 11.2 Å². The average molecular weight is 323 g/mol. The van der Waals surface area contributed by atoms with Gasteiger partial charge in [0.2, 0.25) is 0 Å². The van der Waals surface area contributed by atoms with Gasteiger partial charge in [0, 0.05) is 16.9 Å². The highest BCUT2D eigenvalue weighted by Crippen LogP contribution is 2.42. The minimum Gasteiger partial charge on any atom is -0.347 e. The van der Waals surface area contributed by atoms with Crippen LogP contribution in [0.15, 0.2) is 36.5 Å². The summed E-state index contributed by atoms with van der Waals surface area (Å²) in [5.74, 6) is 1.37. The van der Waals surface area contributed by atoms with Crippen molar-refractivity contribution in [1.29, 1.82) is 0 Å². The predicted molar refractivity (Wildman–Crippen MR) is 102 cm³/mol. The molecule has 3 rings (SSSR count). The van der Waals surface area contributed by atoms with Gasteiger partial charge in [-0.15, -0.1) is 0 Å². The average Bonchev–Trinajstić information content (AvgIpc) is 2.87. The van der Waals surface area contributed by atoms with Gasteiger partial charge in [0.1, 0.15) is 5.82 Å². The van der Waals surface area contributed by atoms with Crippen LogP contribution in [0, 0.1) is 6.92 Å². The minimum absolute atomic E-state index is 0.00358. The van der Waals surface area contributed by atoms with Crippen LogP contribution in [0.3, 0.4) is 0 Å². The van der Waals surface area contributed by atoms with Crippen LogP contribution in [0.5, 0.6) is 0 Å². The van der Waals surface area contributed by atoms with E-state index in [2.05, 4.69) is 95.0 Å². The molecular formula is C21H29N3. The second kappa shape index (κ2) is 5.51. The molecule has 0 amide bonds. The van der Waals surface area contributed by atoms with Crippen LogP contribution >= 0.6 is 0 Å². The molecule has 3 heteroatoms. The number of hydrogen-bond donors (Lipinski definition) is 1. The SMILES string of the molecule is Cc1ccc(C2C=CNc3c2c(C(C)(C)C)nn3C(C)(C)C)cc1. The van der Waals surface area contributed by atoms with E-state index in [-0.39, 0.29) is 16.9 Å². The van der Waals surface area contributed by atoms with Crippen molar-refractivity contribution >= 4 is 5.82 Å². The Kier molecular flexibility index (Phi) is 3.86. The molecule has 0 saturated carbocycles. The Bertz CT molecular complexity index is 765. The smallest absolute Gasteiger partial charge is 0.133 e. The predicted octanol–water partition coefficient (Wildman–Crippen LogP) is 5.32. The maximum Gasteiger partial charge on any atom is 0.133 e. The van der Waals surface area contributed by atoms with E-state index in [1.165, 1.54) is 22.4 Å². The quantitative estimate of drug-likeness (QED) is 0.770. The topological polar surface area (TPSA) is 29.9 Å². The number of allylic oxidation sites excluding steroid dienone is 1. The van der Waals surface area contributed by atoms with E-state index >= 15 is 0 Å². The van der Waals surface area contributed by atoms with Gasteiger partial charge >= 0.3 is 0 Å². The molecule has 1 aromatic heterocycles. The monoisotopic (exact) mass is 323 g/mol. The normalized spacial score (nSPS) is 17.5. The van der Waals surface area contributed by atoms with Gasteiger partial charge in [-0.05, 0) is 39.5 Å². The highest BCUT2D eigenvalue weighted by molar-refractivity contribution is 5.61. The molecule has 128 valence electrons. The van der Waals surface area contributed by atoms with Gasteiger partial charge in [-0.2, -0.15) is 5.10 Å². The van der Waals surface area contributed by atoms with Crippen molar-refractivity contribution in [1.82, 2.24) is 9.78 Å². The number of anilines is 1. The number of hydrogen-bond acceptors (Lipinski definition) is 2. The van der Waals surface area contributed by atoms with Crippen molar-refractivity contribution in [2.75, 3.05) is 5.32 Å². The van der Waals surface area contributed by atoms with E-state index < -0.39 is 0 Å². The molecule has 1 aliphatic heterocycles. The van der Waals surface area contributed by atoms with Crippen LogP contribution in [-0.4, -0.2) is 9.78 Å². The number of nitrogens with one attached hydrogen (secondary N) is 1. The summed E-state index contributed by atoms with van der Waals surface area (Å²) in [5, 5.41) is 8.50. The minimum atomic E-state index is -0.0659. The lowest BCUT2D eigenvalue weighted by Crippen LogP contribution is -2.25. The Morgan fingerprint density at radius 3 is 2.17 bits per heavy atom. The zero-order valence-corrected chi connectivity index (χ0v) is 15.9. The molecule has 1 atom stereocenters. The fourth-order valence-electron chi connectivity index (χ4n) is 3.27. The lowest BCUT2D eigenvalue weighted by Gasteiger charge is -2.26. The third-order valence-electron chi connectivity index (χ3n) is 4.52. The summed E-state index contributed by atoms with van der Waals surface area (Å²) in [5.41, 5.74) is 5.02. The first kappa shape index (κ1) is 16.8. The zero-order chi connectivity index (χ0) is 17.7. The summed E-state index contributed by atoms with van der Waals surface area (Å²) in [4.78, 5) is 0. The molecule has 1 N–H and O–H groups in total. The van der Waals surface area contributed by atoms with Crippen molar-refractivity contribution in [3.63, 3.8) is 0 Å². The van der Waals surface area contributed by atoms with Crippen molar-refractivity contribution in [2.24, 2.45) is 0 Å². The molecule has 1 aromatic carbocycles. The summed E-state index contributed by atoms with van der Waals surface area (Å²) < 4.78 is 2.15. The maximum absolute atomic E-state index is 5.04. The van der Waals surface area contributed by atoms with Gasteiger partial charge < -0.3 is 5.32 Å². The van der Waals surface area contributed by atoms with Crippen LogP contribution in [0.1, 0.15) is 69.8 Å². The Morgan fingerprint density at radius 2 is 1.62 bits per heavy atom. The Labute approximate surface area is 145 Å². The number of nitrogens with zero attached hydrogens (tertiary/aromatic N) is 2. The summed E-state index contributed by atoms with van der Waals surface area (Å²) in [6.45, 7) is 15.5. The standard InChI is InChI=1S/C21H29N3/c1-14-8-10-15(11-9-14)16-12-13-22-19-17(16)18(20(2,3)4)23-24(19)21(5,6)7/h8-13,16,22H,1-7H3. The van der Waals surface area contributed by atoms with Crippen molar-refractivity contribution in [2.45, 2.75) is 65.3 Å². The van der Waals surface area contributed by atoms with Gasteiger partial charge in [-0.3, -0.25) is 0 Å². The van der Waals surface area contributed by atoms with Crippen LogP contribution in [0.2, 0.25) is 0 Å². The van der Waals surface area contributed by atoms with Crippen LogP contribution in [-0.2, 0) is 11.0 Å². The summed E-state index contributed by atoms with van der Waals surface area (Å²) >= 11 is 0.